The summed E-state index contributed by atoms with van der Waals surface area (Å²) in [6.07, 6.45) is 3.70. The zero-order valence-corrected chi connectivity index (χ0v) is 25.8. The van der Waals surface area contributed by atoms with Gasteiger partial charge in [-0.15, -0.1) is 0 Å². The Morgan fingerprint density at radius 1 is 1.12 bits per heavy atom. The van der Waals surface area contributed by atoms with Crippen molar-refractivity contribution in [3.63, 3.8) is 0 Å². The van der Waals surface area contributed by atoms with E-state index in [0.29, 0.717) is 30.8 Å². The van der Waals surface area contributed by atoms with Gasteiger partial charge >= 0.3 is 0 Å². The Morgan fingerprint density at radius 2 is 1.86 bits per heavy atom. The number of rotatable bonds is 8. The quantitative estimate of drug-likeness (QED) is 0.396. The predicted molar refractivity (Wildman–Crippen MR) is 163 cm³/mol. The van der Waals surface area contributed by atoms with Gasteiger partial charge in [-0.25, -0.2) is 0 Å². The van der Waals surface area contributed by atoms with Gasteiger partial charge in [0, 0.05) is 54.5 Å². The number of nitrogens with one attached hydrogen (secondary N) is 1. The smallest absolute Gasteiger partial charge is 0.261 e. The van der Waals surface area contributed by atoms with E-state index in [1.807, 2.05) is 73.4 Å². The second-order valence-corrected chi connectivity index (χ2v) is 16.5. The highest BCUT2D eigenvalue weighted by Crippen LogP contribution is 2.58. The third-order valence-electron chi connectivity index (χ3n) is 9.17. The molecule has 3 aliphatic rings. The molecule has 2 fully saturated rings. The number of carbonyl (C=O) groups is 3. The minimum atomic E-state index is -2.95. The van der Waals surface area contributed by atoms with Crippen LogP contribution in [-0.2, 0) is 31.3 Å². The van der Waals surface area contributed by atoms with Crippen molar-refractivity contribution in [2.75, 3.05) is 29.9 Å². The summed E-state index contributed by atoms with van der Waals surface area (Å²) in [4.78, 5) is 55.4. The lowest BCUT2D eigenvalue weighted by molar-refractivity contribution is -0.148. The first-order chi connectivity index (χ1) is 20.1. The van der Waals surface area contributed by atoms with Gasteiger partial charge in [0.05, 0.1) is 19.1 Å². The van der Waals surface area contributed by atoms with Gasteiger partial charge in [0.1, 0.15) is 0 Å². The molecule has 0 radical (unpaired) electrons. The summed E-state index contributed by atoms with van der Waals surface area (Å²) in [5, 5.41) is 12.7. The van der Waals surface area contributed by atoms with Crippen LogP contribution < -0.4 is 10.2 Å². The summed E-state index contributed by atoms with van der Waals surface area (Å²) < 4.78 is 6.71. The minimum absolute atomic E-state index is 0.0203. The molecule has 4 atom stereocenters. The van der Waals surface area contributed by atoms with Crippen molar-refractivity contribution < 1.29 is 29.0 Å². The van der Waals surface area contributed by atoms with Crippen LogP contribution in [0, 0.1) is 5.92 Å². The van der Waals surface area contributed by atoms with Gasteiger partial charge in [-0.05, 0) is 49.7 Å². The van der Waals surface area contributed by atoms with Crippen LogP contribution in [0.1, 0.15) is 56.6 Å². The van der Waals surface area contributed by atoms with Crippen molar-refractivity contribution in [3.05, 3.63) is 59.7 Å². The lowest BCUT2D eigenvalue weighted by Crippen LogP contribution is -2.44. The lowest BCUT2D eigenvalue weighted by atomic mass is 9.82. The van der Waals surface area contributed by atoms with Crippen LogP contribution in [0.25, 0.3) is 0 Å². The first kappa shape index (κ1) is 30.4. The van der Waals surface area contributed by atoms with Crippen LogP contribution in [0.2, 0.25) is 18.6 Å². The molecule has 3 N–H and O–H groups in total. The van der Waals surface area contributed by atoms with E-state index in [-0.39, 0.29) is 37.3 Å². The minimum Gasteiger partial charge on any atom is -0.432 e. The summed E-state index contributed by atoms with van der Waals surface area (Å²) in [6, 6.07) is 15.2. The highest BCUT2D eigenvalue weighted by atomic mass is 28.4. The van der Waals surface area contributed by atoms with Crippen LogP contribution >= 0.6 is 0 Å². The number of amides is 3. The highest BCUT2D eigenvalue weighted by molar-refractivity contribution is 6.71. The van der Waals surface area contributed by atoms with Gasteiger partial charge in [-0.3, -0.25) is 14.4 Å². The molecular formula is C32H43N3O6Si. The summed E-state index contributed by atoms with van der Waals surface area (Å²) in [5.74, 6) is -0.851. The number of hydrogen-bond donors (Lipinski definition) is 3. The van der Waals surface area contributed by atoms with Crippen LogP contribution in [0.3, 0.4) is 0 Å². The molecule has 226 valence electrons. The van der Waals surface area contributed by atoms with Gasteiger partial charge in [-0.1, -0.05) is 50.1 Å². The Morgan fingerprint density at radius 3 is 2.57 bits per heavy atom. The van der Waals surface area contributed by atoms with E-state index in [2.05, 4.69) is 5.32 Å². The molecule has 2 aromatic carbocycles. The topological polar surface area (TPSA) is 119 Å². The number of aliphatic hydroxyl groups excluding tert-OH is 1. The molecule has 0 bridgehead atoms. The van der Waals surface area contributed by atoms with Gasteiger partial charge < -0.3 is 29.8 Å². The summed E-state index contributed by atoms with van der Waals surface area (Å²) in [6.45, 7) is 6.54. The molecule has 3 aliphatic heterocycles. The van der Waals surface area contributed by atoms with Crippen molar-refractivity contribution in [3.8, 4) is 0 Å². The first-order valence-electron chi connectivity index (χ1n) is 15.2. The third kappa shape index (κ3) is 5.77. The SMILES string of the molecule is C[C@H]1[C@H]([Si](C)(C)O)[C@@H](CC(=O)N(CCO)Cc2ccccc2)O[C@]12C(=O)Nc1ccc(N3CCCCCCC3=O)cc12. The maximum atomic E-state index is 13.8. The molecule has 42 heavy (non-hydrogen) atoms. The van der Waals surface area contributed by atoms with Gasteiger partial charge in [0.25, 0.3) is 5.91 Å². The van der Waals surface area contributed by atoms with E-state index in [9.17, 15) is 24.3 Å². The number of hydrogen-bond acceptors (Lipinski definition) is 6. The maximum Gasteiger partial charge on any atom is 0.261 e. The van der Waals surface area contributed by atoms with Crippen LogP contribution in [0.5, 0.6) is 0 Å². The average Bonchev–Trinajstić information content (AvgIpc) is 3.39. The van der Waals surface area contributed by atoms with Crippen molar-refractivity contribution in [1.29, 1.82) is 0 Å². The monoisotopic (exact) mass is 593 g/mol. The number of anilines is 2. The lowest BCUT2D eigenvalue weighted by Gasteiger charge is -2.32. The fraction of sp³-hybridized carbons (Fsp3) is 0.531. The van der Waals surface area contributed by atoms with E-state index in [4.69, 9.17) is 4.74 Å². The highest BCUT2D eigenvalue weighted by Gasteiger charge is 2.65. The second kappa shape index (κ2) is 12.3. The standard InChI is InChI=1S/C32H43N3O6Si/c1-22-30(42(2,3)40)27(20-29(38)34(17-18-36)21-23-11-7-6-8-12-23)41-32(22)25-19-24(14-15-26(25)33-31(32)39)35-16-10-5-4-9-13-28(35)37/h6-8,11-12,14-15,19,22,27,30,36,40H,4-5,9-10,13,16-18,20-21H2,1-3H3,(H,33,39)/t22-,27+,30-,32+/m0/s1. The first-order valence-corrected chi connectivity index (χ1v) is 18.2. The molecule has 0 unspecified atom stereocenters. The molecule has 9 nitrogen and oxygen atoms in total. The molecule has 0 aliphatic carbocycles. The molecule has 1 spiro atoms. The molecule has 2 aromatic rings. The molecule has 3 heterocycles. The predicted octanol–water partition coefficient (Wildman–Crippen LogP) is 4.14. The number of ether oxygens (including phenoxy) is 1. The average molecular weight is 594 g/mol. The summed E-state index contributed by atoms with van der Waals surface area (Å²) in [7, 11) is -2.95. The maximum absolute atomic E-state index is 13.8. The van der Waals surface area contributed by atoms with Crippen molar-refractivity contribution >= 4 is 37.4 Å². The zero-order chi connectivity index (χ0) is 30.1. The molecular weight excluding hydrogens is 550 g/mol. The summed E-state index contributed by atoms with van der Waals surface area (Å²) >= 11 is 0. The number of benzene rings is 2. The van der Waals surface area contributed by atoms with E-state index in [0.717, 1.165) is 36.9 Å². The van der Waals surface area contributed by atoms with Gasteiger partial charge in [-0.2, -0.15) is 0 Å². The molecule has 10 heteroatoms. The number of carbonyl (C=O) groups excluding carboxylic acids is 3. The zero-order valence-electron chi connectivity index (χ0n) is 24.8. The van der Waals surface area contributed by atoms with Crippen LogP contribution in [0.4, 0.5) is 11.4 Å². The second-order valence-electron chi connectivity index (χ2n) is 12.5. The van der Waals surface area contributed by atoms with E-state index in [1.54, 1.807) is 4.90 Å². The summed E-state index contributed by atoms with van der Waals surface area (Å²) in [5.41, 5.74) is 1.17. The van der Waals surface area contributed by atoms with Gasteiger partial charge in [0.2, 0.25) is 11.8 Å². The fourth-order valence-electron chi connectivity index (χ4n) is 7.20. The Balaban J connectivity index is 1.47. The third-order valence-corrected chi connectivity index (χ3v) is 11.7. The Kier molecular flexibility index (Phi) is 8.89. The number of nitrogens with zero attached hydrogens (tertiary/aromatic N) is 2. The van der Waals surface area contributed by atoms with Crippen LogP contribution in [0.15, 0.2) is 48.5 Å². The normalized spacial score (nSPS) is 26.1. The molecule has 2 saturated heterocycles. The van der Waals surface area contributed by atoms with E-state index >= 15 is 0 Å². The van der Waals surface area contributed by atoms with Gasteiger partial charge in [0.15, 0.2) is 13.9 Å². The molecule has 5 rings (SSSR count). The van der Waals surface area contributed by atoms with E-state index < -0.39 is 31.5 Å². The Bertz CT molecular complexity index is 1320. The van der Waals surface area contributed by atoms with E-state index in [1.165, 1.54) is 0 Å². The number of aliphatic hydroxyl groups is 1. The van der Waals surface area contributed by atoms with Crippen molar-refractivity contribution in [2.45, 2.75) is 82.3 Å². The molecule has 0 saturated carbocycles. The van der Waals surface area contributed by atoms with Crippen molar-refractivity contribution in [2.24, 2.45) is 5.92 Å². The Hall–Kier alpha value is -3.05. The fourth-order valence-corrected chi connectivity index (χ4v) is 9.76. The Labute approximate surface area is 249 Å². The van der Waals surface area contributed by atoms with Crippen molar-refractivity contribution in [1.82, 2.24) is 4.90 Å². The number of fused-ring (bicyclic) bond motifs is 2. The molecule has 0 aromatic heterocycles. The van der Waals surface area contributed by atoms with Crippen LogP contribution in [-0.4, -0.2) is 66.6 Å². The molecule has 3 amide bonds. The largest absolute Gasteiger partial charge is 0.432 e.